The zero-order chi connectivity index (χ0) is 13.7. The van der Waals surface area contributed by atoms with E-state index < -0.39 is 5.91 Å². The number of carbonyl (C=O) groups excluding carboxylic acids is 1. The lowest BCUT2D eigenvalue weighted by molar-refractivity contribution is 0.101. The van der Waals surface area contributed by atoms with Crippen molar-refractivity contribution in [1.29, 1.82) is 0 Å². The lowest BCUT2D eigenvalue weighted by Gasteiger charge is -2.10. The molecule has 0 unspecified atom stereocenters. The summed E-state index contributed by atoms with van der Waals surface area (Å²) >= 11 is 0. The van der Waals surface area contributed by atoms with Gasteiger partial charge in [-0.1, -0.05) is 0 Å². The van der Waals surface area contributed by atoms with E-state index in [-0.39, 0.29) is 12.4 Å². The molecule has 0 fully saturated rings. The summed E-state index contributed by atoms with van der Waals surface area (Å²) in [5, 5.41) is 24.5. The Morgan fingerprint density at radius 1 is 1.53 bits per heavy atom. The Morgan fingerprint density at radius 3 is 3.00 bits per heavy atom. The van der Waals surface area contributed by atoms with Gasteiger partial charge in [-0.15, -0.1) is 10.2 Å². The number of H-pyrrole nitrogens is 1. The lowest BCUT2D eigenvalue weighted by Crippen LogP contribution is -2.14. The Hall–Kier alpha value is -2.48. The predicted octanol–water partition coefficient (Wildman–Crippen LogP) is 0.343. The van der Waals surface area contributed by atoms with E-state index in [1.165, 1.54) is 0 Å². The van der Waals surface area contributed by atoms with Crippen LogP contribution in [-0.2, 0) is 6.61 Å². The van der Waals surface area contributed by atoms with E-state index in [9.17, 15) is 9.90 Å². The van der Waals surface area contributed by atoms with Crippen LogP contribution >= 0.6 is 0 Å². The van der Waals surface area contributed by atoms with E-state index in [4.69, 9.17) is 4.74 Å². The van der Waals surface area contributed by atoms with Crippen molar-refractivity contribution < 1.29 is 14.6 Å². The number of nitrogens with zero attached hydrogens (tertiary/aromatic N) is 3. The highest BCUT2D eigenvalue weighted by molar-refractivity contribution is 6.01. The molecule has 100 valence electrons. The van der Waals surface area contributed by atoms with E-state index in [0.29, 0.717) is 23.6 Å². The second kappa shape index (κ2) is 5.91. The number of nitrogens with one attached hydrogen (secondary N) is 2. The molecule has 1 heterocycles. The molecule has 0 atom stereocenters. The van der Waals surface area contributed by atoms with Gasteiger partial charge in [-0.2, -0.15) is 5.21 Å². The third-order valence-electron chi connectivity index (χ3n) is 2.34. The summed E-state index contributed by atoms with van der Waals surface area (Å²) in [7, 11) is 0. The van der Waals surface area contributed by atoms with Crippen LogP contribution in [-0.4, -0.2) is 38.2 Å². The van der Waals surface area contributed by atoms with Crippen molar-refractivity contribution in [3.63, 3.8) is 0 Å². The Bertz CT molecular complexity index is 555. The minimum absolute atomic E-state index is 0.0561. The topological polar surface area (TPSA) is 113 Å². The molecular weight excluding hydrogens is 250 g/mol. The summed E-state index contributed by atoms with van der Waals surface area (Å²) in [6.45, 7) is 2.18. The molecule has 0 aliphatic rings. The first-order valence-corrected chi connectivity index (χ1v) is 5.66. The highest BCUT2D eigenvalue weighted by Crippen LogP contribution is 2.23. The molecule has 1 aromatic carbocycles. The standard InChI is InChI=1S/C11H13N5O3/c1-2-19-9-4-3-8(5-7(9)6-17)12-11(18)10-13-15-16-14-10/h3-5,17H,2,6H2,1H3,(H,12,18)(H,13,14,15,16). The first-order chi connectivity index (χ1) is 9.24. The molecule has 0 spiro atoms. The first-order valence-electron chi connectivity index (χ1n) is 5.66. The first kappa shape index (κ1) is 13.0. The largest absolute Gasteiger partial charge is 0.494 e. The number of aliphatic hydroxyl groups is 1. The molecule has 8 heteroatoms. The maximum atomic E-state index is 11.7. The van der Waals surface area contributed by atoms with Gasteiger partial charge in [-0.05, 0) is 30.3 Å². The third kappa shape index (κ3) is 3.05. The smallest absolute Gasteiger partial charge is 0.297 e. The number of aromatic nitrogens is 4. The summed E-state index contributed by atoms with van der Waals surface area (Å²) in [6.07, 6.45) is 0. The normalized spacial score (nSPS) is 10.2. The average molecular weight is 263 g/mol. The number of hydrogen-bond acceptors (Lipinski definition) is 6. The molecule has 19 heavy (non-hydrogen) atoms. The molecule has 1 amide bonds. The highest BCUT2D eigenvalue weighted by Gasteiger charge is 2.12. The maximum absolute atomic E-state index is 11.7. The van der Waals surface area contributed by atoms with Gasteiger partial charge in [0.05, 0.1) is 13.2 Å². The highest BCUT2D eigenvalue weighted by atomic mass is 16.5. The van der Waals surface area contributed by atoms with Crippen molar-refractivity contribution in [3.8, 4) is 5.75 Å². The fraction of sp³-hybridized carbons (Fsp3) is 0.273. The molecule has 2 rings (SSSR count). The summed E-state index contributed by atoms with van der Waals surface area (Å²) in [5.41, 5.74) is 1.11. The van der Waals surface area contributed by atoms with Crippen LogP contribution in [0.4, 0.5) is 5.69 Å². The van der Waals surface area contributed by atoms with Crippen molar-refractivity contribution in [2.75, 3.05) is 11.9 Å². The van der Waals surface area contributed by atoms with Crippen LogP contribution in [0.1, 0.15) is 23.1 Å². The monoisotopic (exact) mass is 263 g/mol. The molecule has 0 aliphatic heterocycles. The second-order valence-corrected chi connectivity index (χ2v) is 3.60. The Balaban J connectivity index is 2.15. The lowest BCUT2D eigenvalue weighted by atomic mass is 10.2. The van der Waals surface area contributed by atoms with E-state index in [1.807, 2.05) is 6.92 Å². The second-order valence-electron chi connectivity index (χ2n) is 3.60. The van der Waals surface area contributed by atoms with Gasteiger partial charge in [0.1, 0.15) is 5.75 Å². The van der Waals surface area contributed by atoms with Gasteiger partial charge in [0.25, 0.3) is 11.7 Å². The number of tetrazole rings is 1. The van der Waals surface area contributed by atoms with Crippen LogP contribution < -0.4 is 10.1 Å². The molecule has 0 saturated carbocycles. The average Bonchev–Trinajstić information content (AvgIpc) is 2.94. The number of benzene rings is 1. The number of hydrogen-bond donors (Lipinski definition) is 3. The number of aliphatic hydroxyl groups excluding tert-OH is 1. The Kier molecular flexibility index (Phi) is 4.04. The Labute approximate surface area is 108 Å². The molecule has 0 bridgehead atoms. The SMILES string of the molecule is CCOc1ccc(NC(=O)c2nn[nH]n2)cc1CO. The summed E-state index contributed by atoms with van der Waals surface area (Å²) < 4.78 is 5.35. The van der Waals surface area contributed by atoms with Gasteiger partial charge in [0.15, 0.2) is 0 Å². The van der Waals surface area contributed by atoms with Crippen LogP contribution in [0, 0.1) is 0 Å². The molecule has 0 radical (unpaired) electrons. The third-order valence-corrected chi connectivity index (χ3v) is 2.34. The zero-order valence-electron chi connectivity index (χ0n) is 10.3. The molecular formula is C11H13N5O3. The maximum Gasteiger partial charge on any atom is 0.297 e. The number of carbonyl (C=O) groups is 1. The van der Waals surface area contributed by atoms with Crippen LogP contribution in [0.5, 0.6) is 5.75 Å². The van der Waals surface area contributed by atoms with E-state index >= 15 is 0 Å². The number of anilines is 1. The fourth-order valence-corrected chi connectivity index (χ4v) is 1.52. The number of amides is 1. The van der Waals surface area contributed by atoms with Gasteiger partial charge in [-0.3, -0.25) is 4.79 Å². The van der Waals surface area contributed by atoms with Crippen molar-refractivity contribution in [2.45, 2.75) is 13.5 Å². The van der Waals surface area contributed by atoms with Crippen LogP contribution in [0.2, 0.25) is 0 Å². The van der Waals surface area contributed by atoms with E-state index in [2.05, 4.69) is 25.9 Å². The van der Waals surface area contributed by atoms with Gasteiger partial charge >= 0.3 is 0 Å². The number of rotatable bonds is 5. The minimum atomic E-state index is -0.484. The predicted molar refractivity (Wildman–Crippen MR) is 65.7 cm³/mol. The Morgan fingerprint density at radius 2 is 2.37 bits per heavy atom. The molecule has 3 N–H and O–H groups in total. The molecule has 1 aromatic heterocycles. The van der Waals surface area contributed by atoms with Crippen LogP contribution in [0.25, 0.3) is 0 Å². The van der Waals surface area contributed by atoms with Gasteiger partial charge in [0, 0.05) is 11.3 Å². The summed E-state index contributed by atoms with van der Waals surface area (Å²) in [4.78, 5) is 11.7. The van der Waals surface area contributed by atoms with Crippen LogP contribution in [0.15, 0.2) is 18.2 Å². The quantitative estimate of drug-likeness (QED) is 0.717. The van der Waals surface area contributed by atoms with Crippen molar-refractivity contribution >= 4 is 11.6 Å². The van der Waals surface area contributed by atoms with Gasteiger partial charge < -0.3 is 15.2 Å². The van der Waals surface area contributed by atoms with Crippen molar-refractivity contribution in [1.82, 2.24) is 20.6 Å². The number of ether oxygens (including phenoxy) is 1. The molecule has 2 aromatic rings. The fourth-order valence-electron chi connectivity index (χ4n) is 1.52. The van der Waals surface area contributed by atoms with Gasteiger partial charge in [-0.25, -0.2) is 0 Å². The molecule has 0 aliphatic carbocycles. The van der Waals surface area contributed by atoms with E-state index in [0.717, 1.165) is 0 Å². The van der Waals surface area contributed by atoms with Crippen molar-refractivity contribution in [2.24, 2.45) is 0 Å². The molecule has 8 nitrogen and oxygen atoms in total. The molecule has 0 saturated heterocycles. The van der Waals surface area contributed by atoms with Crippen molar-refractivity contribution in [3.05, 3.63) is 29.6 Å². The van der Waals surface area contributed by atoms with Gasteiger partial charge in [0.2, 0.25) is 0 Å². The number of aromatic amines is 1. The van der Waals surface area contributed by atoms with E-state index in [1.54, 1.807) is 18.2 Å². The minimum Gasteiger partial charge on any atom is -0.494 e. The zero-order valence-corrected chi connectivity index (χ0v) is 10.3. The van der Waals surface area contributed by atoms with Crippen LogP contribution in [0.3, 0.4) is 0 Å². The summed E-state index contributed by atoms with van der Waals surface area (Å²) in [5.74, 6) is 0.0452. The summed E-state index contributed by atoms with van der Waals surface area (Å²) in [6, 6.07) is 4.98.